The lowest BCUT2D eigenvalue weighted by molar-refractivity contribution is -0.192. The Labute approximate surface area is 214 Å². The summed E-state index contributed by atoms with van der Waals surface area (Å²) in [6, 6.07) is 12.9. The van der Waals surface area contributed by atoms with E-state index in [0.717, 1.165) is 0 Å². The number of nitriles is 1. The number of alkyl halides is 3. The van der Waals surface area contributed by atoms with Crippen LogP contribution in [0.2, 0.25) is 0 Å². The quantitative estimate of drug-likeness (QED) is 0.415. The van der Waals surface area contributed by atoms with Crippen molar-refractivity contribution in [2.24, 2.45) is 7.05 Å². The maximum absolute atomic E-state index is 12.8. The van der Waals surface area contributed by atoms with E-state index in [2.05, 4.69) is 21.1 Å². The van der Waals surface area contributed by atoms with Gasteiger partial charge in [-0.1, -0.05) is 12.1 Å². The van der Waals surface area contributed by atoms with Gasteiger partial charge in [0.25, 0.3) is 0 Å². The van der Waals surface area contributed by atoms with Gasteiger partial charge in [-0.25, -0.2) is 22.9 Å². The number of aryl methyl sites for hydroxylation is 1. The Bertz CT molecular complexity index is 1530. The number of sulfonamides is 1. The van der Waals surface area contributed by atoms with Crippen molar-refractivity contribution in [3.8, 4) is 17.6 Å². The number of carbonyl (C=O) groups is 2. The van der Waals surface area contributed by atoms with Gasteiger partial charge in [0.2, 0.25) is 15.9 Å². The molecule has 11 nitrogen and oxygen atoms in total. The summed E-state index contributed by atoms with van der Waals surface area (Å²) in [5.41, 5.74) is 0.488. The number of carboxylic acid groups (broad SMARTS) is 1. The third-order valence-electron chi connectivity index (χ3n) is 5.41. The molecule has 2 heterocycles. The van der Waals surface area contributed by atoms with Gasteiger partial charge < -0.3 is 19.7 Å². The summed E-state index contributed by atoms with van der Waals surface area (Å²) in [6.07, 6.45) is -1.87. The molecule has 2 aromatic carbocycles. The van der Waals surface area contributed by atoms with E-state index < -0.39 is 40.2 Å². The number of imidazole rings is 1. The van der Waals surface area contributed by atoms with E-state index in [1.807, 2.05) is 0 Å². The fourth-order valence-corrected chi connectivity index (χ4v) is 4.55. The van der Waals surface area contributed by atoms with Crippen molar-refractivity contribution >= 4 is 21.9 Å². The van der Waals surface area contributed by atoms with Gasteiger partial charge >= 0.3 is 12.1 Å². The molecular formula is C23H20F3N5O6S. The SMILES string of the molecule is Cn1cncc1C1(C)NC(=O)CNS(=O)(=O)c2cccc(c2)Oc2cc1ccc2C#N.O=C(O)C(F)(F)F. The van der Waals surface area contributed by atoms with Crippen molar-refractivity contribution in [1.29, 1.82) is 5.26 Å². The van der Waals surface area contributed by atoms with Crippen LogP contribution >= 0.6 is 0 Å². The first kappa shape index (κ1) is 28.2. The molecule has 200 valence electrons. The topological polar surface area (TPSA) is 163 Å². The smallest absolute Gasteiger partial charge is 0.475 e. The lowest BCUT2D eigenvalue weighted by Gasteiger charge is -2.32. The molecule has 1 aliphatic heterocycles. The summed E-state index contributed by atoms with van der Waals surface area (Å²) in [6.45, 7) is 1.32. The van der Waals surface area contributed by atoms with Crippen molar-refractivity contribution in [2.45, 2.75) is 23.5 Å². The Morgan fingerprint density at radius 2 is 1.95 bits per heavy atom. The van der Waals surface area contributed by atoms with E-state index in [1.165, 1.54) is 18.2 Å². The molecule has 15 heteroatoms. The van der Waals surface area contributed by atoms with Gasteiger partial charge in [-0.2, -0.15) is 18.4 Å². The van der Waals surface area contributed by atoms with Crippen LogP contribution in [0.3, 0.4) is 0 Å². The number of hydrogen-bond donors (Lipinski definition) is 3. The first-order chi connectivity index (χ1) is 17.7. The van der Waals surface area contributed by atoms with Gasteiger partial charge in [0.05, 0.1) is 35.2 Å². The number of fused-ring (bicyclic) bond motifs is 4. The minimum atomic E-state index is -5.08. The van der Waals surface area contributed by atoms with Crippen LogP contribution in [0.15, 0.2) is 59.9 Å². The number of aliphatic carboxylic acids is 1. The number of rotatable bonds is 1. The fourth-order valence-electron chi connectivity index (χ4n) is 3.53. The number of benzene rings is 2. The third-order valence-corrected chi connectivity index (χ3v) is 6.81. The predicted octanol–water partition coefficient (Wildman–Crippen LogP) is 2.39. The number of ether oxygens (including phenoxy) is 1. The molecule has 0 fully saturated rings. The van der Waals surface area contributed by atoms with Crippen molar-refractivity contribution in [3.63, 3.8) is 0 Å². The zero-order valence-corrected chi connectivity index (χ0v) is 20.6. The van der Waals surface area contributed by atoms with Crippen molar-refractivity contribution in [2.75, 3.05) is 6.54 Å². The van der Waals surface area contributed by atoms with Crippen LogP contribution in [-0.4, -0.2) is 47.7 Å². The molecule has 0 spiro atoms. The Balaban J connectivity index is 0.000000505. The van der Waals surface area contributed by atoms with Crippen LogP contribution in [0.5, 0.6) is 11.5 Å². The van der Waals surface area contributed by atoms with Crippen molar-refractivity contribution in [1.82, 2.24) is 19.6 Å². The van der Waals surface area contributed by atoms with Gasteiger partial charge in [-0.05, 0) is 36.8 Å². The molecule has 1 unspecified atom stereocenters. The van der Waals surface area contributed by atoms with Crippen LogP contribution in [-0.2, 0) is 32.2 Å². The van der Waals surface area contributed by atoms with E-state index in [-0.39, 0.29) is 22.0 Å². The number of amides is 1. The van der Waals surface area contributed by atoms with Gasteiger partial charge in [0.15, 0.2) is 0 Å². The van der Waals surface area contributed by atoms with Gasteiger partial charge in [-0.15, -0.1) is 0 Å². The number of hydrogen-bond acceptors (Lipinski definition) is 7. The fraction of sp³-hybridized carbons (Fsp3) is 0.217. The molecular weight excluding hydrogens is 531 g/mol. The molecule has 1 atom stereocenters. The summed E-state index contributed by atoms with van der Waals surface area (Å²) in [5.74, 6) is -2.80. The second kappa shape index (κ2) is 10.5. The maximum atomic E-state index is 12.8. The van der Waals surface area contributed by atoms with Crippen LogP contribution in [0, 0.1) is 11.3 Å². The molecule has 1 amide bonds. The monoisotopic (exact) mass is 551 g/mol. The van der Waals surface area contributed by atoms with E-state index >= 15 is 0 Å². The van der Waals surface area contributed by atoms with E-state index in [0.29, 0.717) is 11.3 Å². The highest BCUT2D eigenvalue weighted by atomic mass is 32.2. The highest BCUT2D eigenvalue weighted by Gasteiger charge is 2.38. The molecule has 0 saturated heterocycles. The highest BCUT2D eigenvalue weighted by molar-refractivity contribution is 7.89. The Kier molecular flexibility index (Phi) is 7.79. The van der Waals surface area contributed by atoms with Gasteiger partial charge in [0.1, 0.15) is 23.1 Å². The normalized spacial score (nSPS) is 18.6. The van der Waals surface area contributed by atoms with Gasteiger partial charge in [0, 0.05) is 13.1 Å². The molecule has 1 aromatic heterocycles. The number of nitrogens with one attached hydrogen (secondary N) is 2. The Hall–Kier alpha value is -4.42. The lowest BCUT2D eigenvalue weighted by Crippen LogP contribution is -2.49. The summed E-state index contributed by atoms with van der Waals surface area (Å²) in [5, 5.41) is 19.6. The van der Waals surface area contributed by atoms with Crippen LogP contribution in [0.25, 0.3) is 0 Å². The molecule has 4 rings (SSSR count). The molecule has 3 aromatic rings. The molecule has 38 heavy (non-hydrogen) atoms. The highest BCUT2D eigenvalue weighted by Crippen LogP contribution is 2.35. The molecule has 1 aliphatic rings. The maximum Gasteiger partial charge on any atom is 0.490 e. The molecule has 4 bridgehead atoms. The minimum absolute atomic E-state index is 0.0545. The van der Waals surface area contributed by atoms with Crippen LogP contribution < -0.4 is 14.8 Å². The number of halogens is 3. The Morgan fingerprint density at radius 1 is 1.26 bits per heavy atom. The molecule has 3 N–H and O–H groups in total. The summed E-state index contributed by atoms with van der Waals surface area (Å²) < 4.78 is 67.0. The van der Waals surface area contributed by atoms with Crippen molar-refractivity contribution < 1.29 is 41.0 Å². The largest absolute Gasteiger partial charge is 0.490 e. The molecule has 0 saturated carbocycles. The second-order valence-corrected chi connectivity index (χ2v) is 9.86. The van der Waals surface area contributed by atoms with Crippen molar-refractivity contribution in [3.05, 3.63) is 71.8 Å². The average molecular weight is 552 g/mol. The van der Waals surface area contributed by atoms with E-state index in [1.54, 1.807) is 55.3 Å². The zero-order valence-electron chi connectivity index (χ0n) is 19.8. The number of aromatic nitrogens is 2. The number of carboxylic acids is 1. The minimum Gasteiger partial charge on any atom is -0.475 e. The summed E-state index contributed by atoms with van der Waals surface area (Å²) >= 11 is 0. The van der Waals surface area contributed by atoms with Crippen LogP contribution in [0.4, 0.5) is 13.2 Å². The zero-order chi connectivity index (χ0) is 28.3. The number of nitrogens with zero attached hydrogens (tertiary/aromatic N) is 3. The molecule has 0 aliphatic carbocycles. The van der Waals surface area contributed by atoms with Gasteiger partial charge in [-0.3, -0.25) is 4.79 Å². The summed E-state index contributed by atoms with van der Waals surface area (Å²) in [4.78, 5) is 25.8. The van der Waals surface area contributed by atoms with Crippen LogP contribution in [0.1, 0.15) is 23.7 Å². The lowest BCUT2D eigenvalue weighted by atomic mass is 9.87. The van der Waals surface area contributed by atoms with E-state index in [9.17, 15) is 31.6 Å². The average Bonchev–Trinajstić information content (AvgIpc) is 3.29. The Morgan fingerprint density at radius 3 is 2.53 bits per heavy atom. The predicted molar refractivity (Wildman–Crippen MR) is 124 cm³/mol. The first-order valence-corrected chi connectivity index (χ1v) is 12.1. The summed E-state index contributed by atoms with van der Waals surface area (Å²) in [7, 11) is -2.17. The van der Waals surface area contributed by atoms with E-state index in [4.69, 9.17) is 14.6 Å². The third kappa shape index (κ3) is 6.10. The molecule has 0 radical (unpaired) electrons. The number of carbonyl (C=O) groups excluding carboxylic acids is 1. The second-order valence-electron chi connectivity index (χ2n) is 8.09. The first-order valence-electron chi connectivity index (χ1n) is 10.6. The standard InChI is InChI=1S/C21H19N5O4S.C2HF3O2/c1-21(19-11-23-13-26(19)2)15-7-6-14(10-22)18(8-15)30-16-4-3-5-17(9-16)31(28,29)24-12-20(27)25-21;3-2(4,5)1(6)7/h3-9,11,13,24H,12H2,1-2H3,(H,25,27);(H,6,7).